The summed E-state index contributed by atoms with van der Waals surface area (Å²) in [5, 5.41) is 8.95. The molecular formula is C18H18N4. The number of aromatic amines is 1. The highest BCUT2D eigenvalue weighted by Gasteiger charge is 2.15. The van der Waals surface area contributed by atoms with Crippen molar-refractivity contribution in [2.75, 3.05) is 5.73 Å². The van der Waals surface area contributed by atoms with Gasteiger partial charge in [0.1, 0.15) is 11.9 Å². The second kappa shape index (κ2) is 4.88. The molecule has 1 aromatic heterocycles. The van der Waals surface area contributed by atoms with Gasteiger partial charge >= 0.3 is 0 Å². The van der Waals surface area contributed by atoms with Gasteiger partial charge in [0.2, 0.25) is 0 Å². The van der Waals surface area contributed by atoms with Crippen LogP contribution in [-0.2, 0) is 5.41 Å². The predicted octanol–water partition coefficient (Wildman–Crippen LogP) is 3.98. The summed E-state index contributed by atoms with van der Waals surface area (Å²) in [6.07, 6.45) is 0. The number of nitrogen functional groups attached to an aromatic ring is 1. The van der Waals surface area contributed by atoms with Crippen molar-refractivity contribution in [2.24, 2.45) is 0 Å². The maximum atomic E-state index is 8.95. The normalized spacial score (nSPS) is 11.5. The number of hydrogen-bond acceptors (Lipinski definition) is 3. The van der Waals surface area contributed by atoms with Crippen LogP contribution in [0, 0.1) is 11.3 Å². The summed E-state index contributed by atoms with van der Waals surface area (Å²) in [5.74, 6) is 0.761. The predicted molar refractivity (Wildman–Crippen MR) is 89.4 cm³/mol. The first-order valence-electron chi connectivity index (χ1n) is 7.19. The van der Waals surface area contributed by atoms with Crippen LogP contribution in [0.25, 0.3) is 22.4 Å². The number of nitrogens with one attached hydrogen (secondary N) is 1. The summed E-state index contributed by atoms with van der Waals surface area (Å²) >= 11 is 0. The Balaban J connectivity index is 2.09. The van der Waals surface area contributed by atoms with Crippen LogP contribution in [0.1, 0.15) is 31.9 Å². The minimum atomic E-state index is 0.0956. The number of anilines is 1. The lowest BCUT2D eigenvalue weighted by Gasteiger charge is -2.18. The second-order valence-corrected chi connectivity index (χ2v) is 6.48. The molecule has 4 nitrogen and oxygen atoms in total. The van der Waals surface area contributed by atoms with Gasteiger partial charge in [-0.25, -0.2) is 4.98 Å². The van der Waals surface area contributed by atoms with Gasteiger partial charge in [0.05, 0.1) is 22.3 Å². The maximum absolute atomic E-state index is 8.95. The Bertz CT molecular complexity index is 892. The van der Waals surface area contributed by atoms with Gasteiger partial charge in [-0.3, -0.25) is 0 Å². The zero-order valence-corrected chi connectivity index (χ0v) is 12.9. The summed E-state index contributed by atoms with van der Waals surface area (Å²) in [6.45, 7) is 6.56. The third-order valence-corrected chi connectivity index (χ3v) is 3.79. The molecule has 22 heavy (non-hydrogen) atoms. The molecule has 3 rings (SSSR count). The Morgan fingerprint density at radius 3 is 2.55 bits per heavy atom. The monoisotopic (exact) mass is 290 g/mol. The van der Waals surface area contributed by atoms with Crippen LogP contribution in [0.5, 0.6) is 0 Å². The molecule has 0 aliphatic carbocycles. The average Bonchev–Trinajstić information content (AvgIpc) is 2.89. The number of nitriles is 1. The van der Waals surface area contributed by atoms with Gasteiger partial charge in [0.15, 0.2) is 0 Å². The number of nitrogens with two attached hydrogens (primary N) is 1. The molecule has 0 amide bonds. The SMILES string of the molecule is CC(C)(C)c1ccc2nc(-c3ccc(C#N)c(N)c3)[nH]c2c1. The van der Waals surface area contributed by atoms with Crippen molar-refractivity contribution in [3.8, 4) is 17.5 Å². The average molecular weight is 290 g/mol. The molecule has 0 aliphatic rings. The standard InChI is InChI=1S/C18H18N4/c1-18(2,3)13-6-7-15-16(9-13)22-17(21-15)11-4-5-12(10-19)14(20)8-11/h4-9H,20H2,1-3H3,(H,21,22). The van der Waals surface area contributed by atoms with Crippen LogP contribution in [0.2, 0.25) is 0 Å². The van der Waals surface area contributed by atoms with Crippen LogP contribution in [0.4, 0.5) is 5.69 Å². The van der Waals surface area contributed by atoms with E-state index in [1.807, 2.05) is 12.1 Å². The molecule has 0 spiro atoms. The molecule has 0 radical (unpaired) electrons. The van der Waals surface area contributed by atoms with E-state index in [0.29, 0.717) is 11.3 Å². The van der Waals surface area contributed by atoms with E-state index in [4.69, 9.17) is 11.0 Å². The molecule has 0 aliphatic heterocycles. The molecule has 110 valence electrons. The maximum Gasteiger partial charge on any atom is 0.138 e. The van der Waals surface area contributed by atoms with Crippen molar-refractivity contribution in [3.63, 3.8) is 0 Å². The van der Waals surface area contributed by atoms with Crippen molar-refractivity contribution >= 4 is 16.7 Å². The number of hydrogen-bond donors (Lipinski definition) is 2. The summed E-state index contributed by atoms with van der Waals surface area (Å²) < 4.78 is 0. The lowest BCUT2D eigenvalue weighted by molar-refractivity contribution is 0.591. The van der Waals surface area contributed by atoms with Gasteiger partial charge in [-0.1, -0.05) is 26.8 Å². The minimum Gasteiger partial charge on any atom is -0.398 e. The molecule has 0 fully saturated rings. The zero-order valence-electron chi connectivity index (χ0n) is 12.9. The molecule has 0 saturated carbocycles. The second-order valence-electron chi connectivity index (χ2n) is 6.48. The van der Waals surface area contributed by atoms with Crippen molar-refractivity contribution < 1.29 is 0 Å². The Labute approximate surface area is 129 Å². The third kappa shape index (κ3) is 2.42. The Kier molecular flexibility index (Phi) is 3.14. The minimum absolute atomic E-state index is 0.0956. The molecule has 0 saturated heterocycles. The molecular weight excluding hydrogens is 272 g/mol. The highest BCUT2D eigenvalue weighted by atomic mass is 14.9. The van der Waals surface area contributed by atoms with E-state index in [1.165, 1.54) is 5.56 Å². The van der Waals surface area contributed by atoms with Gasteiger partial charge in [-0.05, 0) is 41.3 Å². The van der Waals surface area contributed by atoms with E-state index in [2.05, 4.69) is 48.9 Å². The smallest absolute Gasteiger partial charge is 0.138 e. The third-order valence-electron chi connectivity index (χ3n) is 3.79. The van der Waals surface area contributed by atoms with Crippen LogP contribution in [0.3, 0.4) is 0 Å². The highest BCUT2D eigenvalue weighted by molar-refractivity contribution is 5.81. The summed E-state index contributed by atoms with van der Waals surface area (Å²) in [6, 6.07) is 13.7. The van der Waals surface area contributed by atoms with Crippen LogP contribution in [0.15, 0.2) is 36.4 Å². The number of benzene rings is 2. The molecule has 4 heteroatoms. The van der Waals surface area contributed by atoms with Gasteiger partial charge in [0, 0.05) is 5.56 Å². The molecule has 0 bridgehead atoms. The summed E-state index contributed by atoms with van der Waals surface area (Å²) in [7, 11) is 0. The van der Waals surface area contributed by atoms with Crippen molar-refractivity contribution in [1.29, 1.82) is 5.26 Å². The molecule has 3 aromatic rings. The van der Waals surface area contributed by atoms with Crippen molar-refractivity contribution in [1.82, 2.24) is 9.97 Å². The number of imidazole rings is 1. The Hall–Kier alpha value is -2.80. The van der Waals surface area contributed by atoms with Crippen LogP contribution < -0.4 is 5.73 Å². The van der Waals surface area contributed by atoms with Gasteiger partial charge in [-0.2, -0.15) is 5.26 Å². The summed E-state index contributed by atoms with van der Waals surface area (Å²) in [5.41, 5.74) is 11.0. The Morgan fingerprint density at radius 1 is 1.14 bits per heavy atom. The van der Waals surface area contributed by atoms with E-state index in [1.54, 1.807) is 12.1 Å². The van der Waals surface area contributed by atoms with Crippen molar-refractivity contribution in [3.05, 3.63) is 47.5 Å². The van der Waals surface area contributed by atoms with Gasteiger partial charge in [0.25, 0.3) is 0 Å². The fourth-order valence-electron chi connectivity index (χ4n) is 2.42. The molecule has 2 aromatic carbocycles. The molecule has 0 atom stereocenters. The molecule has 1 heterocycles. The van der Waals surface area contributed by atoms with Gasteiger partial charge < -0.3 is 10.7 Å². The van der Waals surface area contributed by atoms with E-state index in [9.17, 15) is 0 Å². The first-order chi connectivity index (χ1) is 10.4. The largest absolute Gasteiger partial charge is 0.398 e. The van der Waals surface area contributed by atoms with E-state index >= 15 is 0 Å². The number of aromatic nitrogens is 2. The highest BCUT2D eigenvalue weighted by Crippen LogP contribution is 2.28. The Morgan fingerprint density at radius 2 is 1.91 bits per heavy atom. The molecule has 0 unspecified atom stereocenters. The number of fused-ring (bicyclic) bond motifs is 1. The van der Waals surface area contributed by atoms with Crippen LogP contribution in [-0.4, -0.2) is 9.97 Å². The fourth-order valence-corrected chi connectivity index (χ4v) is 2.42. The van der Waals surface area contributed by atoms with E-state index < -0.39 is 0 Å². The summed E-state index contributed by atoms with van der Waals surface area (Å²) in [4.78, 5) is 7.95. The van der Waals surface area contributed by atoms with E-state index in [0.717, 1.165) is 22.4 Å². The van der Waals surface area contributed by atoms with Crippen LogP contribution >= 0.6 is 0 Å². The lowest BCUT2D eigenvalue weighted by Crippen LogP contribution is -2.10. The lowest BCUT2D eigenvalue weighted by atomic mass is 9.87. The molecule has 3 N–H and O–H groups in total. The topological polar surface area (TPSA) is 78.5 Å². The zero-order chi connectivity index (χ0) is 15.9. The number of H-pyrrole nitrogens is 1. The number of nitrogens with zero attached hydrogens (tertiary/aromatic N) is 2. The first kappa shape index (κ1) is 14.2. The first-order valence-corrected chi connectivity index (χ1v) is 7.19. The van der Waals surface area contributed by atoms with Crippen molar-refractivity contribution in [2.45, 2.75) is 26.2 Å². The van der Waals surface area contributed by atoms with E-state index in [-0.39, 0.29) is 5.41 Å². The fraction of sp³-hybridized carbons (Fsp3) is 0.222. The quantitative estimate of drug-likeness (QED) is 0.665. The number of rotatable bonds is 1. The van der Waals surface area contributed by atoms with Gasteiger partial charge in [-0.15, -0.1) is 0 Å².